The van der Waals surface area contributed by atoms with Crippen molar-refractivity contribution in [2.45, 2.75) is 52.5 Å². The van der Waals surface area contributed by atoms with Crippen LogP contribution in [0.2, 0.25) is 0 Å². The van der Waals surface area contributed by atoms with Crippen molar-refractivity contribution in [1.29, 1.82) is 0 Å². The molecule has 11 heteroatoms. The summed E-state index contributed by atoms with van der Waals surface area (Å²) in [6.45, 7) is 12.2. The fraction of sp³-hybridized carbons (Fsp3) is 0.412. The summed E-state index contributed by atoms with van der Waals surface area (Å²) in [4.78, 5) is 32.0. The third kappa shape index (κ3) is 7.61. The lowest BCUT2D eigenvalue weighted by Crippen LogP contribution is -2.31. The number of benzene rings is 2. The second kappa shape index (κ2) is 15.0. The fourth-order valence-electron chi connectivity index (χ4n) is 5.72. The van der Waals surface area contributed by atoms with E-state index in [0.717, 1.165) is 54.4 Å². The molecule has 0 saturated carbocycles. The number of carbonyl (C=O) groups is 1. The monoisotopic (exact) mass is 615 g/mol. The van der Waals surface area contributed by atoms with Crippen molar-refractivity contribution in [3.8, 4) is 0 Å². The maximum absolute atomic E-state index is 13.3. The molecule has 2 heterocycles. The van der Waals surface area contributed by atoms with Gasteiger partial charge in [0.25, 0.3) is 11.6 Å². The molecule has 1 unspecified atom stereocenters. The Kier molecular flexibility index (Phi) is 11.1. The minimum absolute atomic E-state index is 0.0492. The Hall–Kier alpha value is -4.48. The van der Waals surface area contributed by atoms with Crippen LogP contribution in [0.4, 0.5) is 17.1 Å². The molecule has 0 aliphatic carbocycles. The van der Waals surface area contributed by atoms with E-state index in [0.29, 0.717) is 29.2 Å². The number of hydrogen-bond acceptors (Lipinski definition) is 8. The highest BCUT2D eigenvalue weighted by Crippen LogP contribution is 2.37. The van der Waals surface area contributed by atoms with Gasteiger partial charge in [-0.25, -0.2) is 4.99 Å². The zero-order chi connectivity index (χ0) is 32.7. The van der Waals surface area contributed by atoms with Gasteiger partial charge in [-0.2, -0.15) is 0 Å². The second-order valence-corrected chi connectivity index (χ2v) is 11.6. The normalized spacial score (nSPS) is 14.0. The largest absolute Gasteiger partial charge is 0.395 e. The molecule has 11 nitrogen and oxygen atoms in total. The van der Waals surface area contributed by atoms with Gasteiger partial charge in [0.05, 0.1) is 34.0 Å². The van der Waals surface area contributed by atoms with Crippen molar-refractivity contribution in [2.75, 3.05) is 51.0 Å². The standard InChI is InChI=1S/C34H45N7O4/c1-7-22(3)27-19-30(35-14-17-39(5)6)31(41(44)45)20-29(27)37-23(4)38-32(25(8-2)34(43)36-15-18-42)28-21-40-16-10-12-24-11-9-13-26(28)33(24)40/h8-9,11,13,19-22,35,37,42H,4,7,10,12,14-18H2,1-3,5-6H3,(H,36,43)/b25-8+,38-32?. The van der Waals surface area contributed by atoms with E-state index in [1.807, 2.05) is 43.4 Å². The van der Waals surface area contributed by atoms with Crippen LogP contribution in [0.3, 0.4) is 0 Å². The first kappa shape index (κ1) is 33.4. The number of allylic oxidation sites excluding steroid dienone is 1. The molecule has 1 aliphatic heterocycles. The molecule has 2 aromatic carbocycles. The van der Waals surface area contributed by atoms with Gasteiger partial charge >= 0.3 is 0 Å². The molecular weight excluding hydrogens is 570 g/mol. The van der Waals surface area contributed by atoms with E-state index in [1.165, 1.54) is 11.6 Å². The molecule has 0 saturated heterocycles. The molecule has 240 valence electrons. The minimum atomic E-state index is -0.391. The molecule has 1 atom stereocenters. The quantitative estimate of drug-likeness (QED) is 0.0777. The molecule has 1 aromatic heterocycles. The molecule has 4 N–H and O–H groups in total. The van der Waals surface area contributed by atoms with Crippen LogP contribution in [-0.2, 0) is 17.8 Å². The smallest absolute Gasteiger partial charge is 0.294 e. The number of aryl methyl sites for hydroxylation is 2. The summed E-state index contributed by atoms with van der Waals surface area (Å²) in [7, 11) is 3.90. The first-order valence-corrected chi connectivity index (χ1v) is 15.5. The Bertz CT molecular complexity index is 1640. The number of aliphatic imine (C=N–C) groups is 1. The zero-order valence-electron chi connectivity index (χ0n) is 26.9. The van der Waals surface area contributed by atoms with Gasteiger partial charge < -0.3 is 30.5 Å². The van der Waals surface area contributed by atoms with Crippen molar-refractivity contribution in [1.82, 2.24) is 14.8 Å². The molecule has 1 aliphatic rings. The van der Waals surface area contributed by atoms with E-state index in [2.05, 4.69) is 47.0 Å². The third-order valence-electron chi connectivity index (χ3n) is 8.18. The molecular formula is C34H45N7O4. The summed E-state index contributed by atoms with van der Waals surface area (Å²) in [5.74, 6) is -0.0418. The first-order valence-electron chi connectivity index (χ1n) is 15.5. The Balaban J connectivity index is 1.81. The van der Waals surface area contributed by atoms with E-state index in [4.69, 9.17) is 4.99 Å². The van der Waals surface area contributed by atoms with Crippen molar-refractivity contribution >= 4 is 39.6 Å². The van der Waals surface area contributed by atoms with Crippen LogP contribution < -0.4 is 16.0 Å². The van der Waals surface area contributed by atoms with Crippen LogP contribution in [0.1, 0.15) is 56.2 Å². The molecule has 3 aromatic rings. The van der Waals surface area contributed by atoms with Crippen LogP contribution in [0, 0.1) is 10.1 Å². The Morgan fingerprint density at radius 1 is 1.27 bits per heavy atom. The summed E-state index contributed by atoms with van der Waals surface area (Å²) in [6.07, 6.45) is 6.55. The third-order valence-corrected chi connectivity index (χ3v) is 8.18. The number of likely N-dealkylation sites (N-methyl/N-ethyl adjacent to an activating group) is 1. The predicted octanol–water partition coefficient (Wildman–Crippen LogP) is 5.41. The predicted molar refractivity (Wildman–Crippen MR) is 182 cm³/mol. The summed E-state index contributed by atoms with van der Waals surface area (Å²) in [6, 6.07) is 9.56. The number of carbonyl (C=O) groups excluding carboxylic acids is 1. The topological polar surface area (TPSA) is 137 Å². The number of rotatable bonds is 15. The number of aliphatic hydroxyl groups excluding tert-OH is 1. The summed E-state index contributed by atoms with van der Waals surface area (Å²) in [5, 5.41) is 31.7. The van der Waals surface area contributed by atoms with Gasteiger partial charge in [-0.05, 0) is 63.4 Å². The van der Waals surface area contributed by atoms with E-state index < -0.39 is 4.92 Å². The maximum Gasteiger partial charge on any atom is 0.294 e. The number of nitrogens with zero attached hydrogens (tertiary/aromatic N) is 4. The molecule has 0 radical (unpaired) electrons. The van der Waals surface area contributed by atoms with Gasteiger partial charge in [0.2, 0.25) is 0 Å². The number of aromatic nitrogens is 1. The Morgan fingerprint density at radius 3 is 2.71 bits per heavy atom. The zero-order valence-corrected chi connectivity index (χ0v) is 26.9. The Morgan fingerprint density at radius 2 is 2.04 bits per heavy atom. The van der Waals surface area contributed by atoms with E-state index in [-0.39, 0.29) is 36.5 Å². The van der Waals surface area contributed by atoms with Crippen LogP contribution >= 0.6 is 0 Å². The number of hydrogen-bond donors (Lipinski definition) is 4. The van der Waals surface area contributed by atoms with Crippen LogP contribution in [0.25, 0.3) is 10.9 Å². The van der Waals surface area contributed by atoms with Gasteiger partial charge in [-0.3, -0.25) is 14.9 Å². The number of anilines is 2. The van der Waals surface area contributed by atoms with E-state index in [1.54, 1.807) is 13.0 Å². The molecule has 45 heavy (non-hydrogen) atoms. The Labute approximate surface area is 264 Å². The lowest BCUT2D eigenvalue weighted by Gasteiger charge is -2.20. The van der Waals surface area contributed by atoms with Crippen LogP contribution in [0.15, 0.2) is 65.6 Å². The first-order chi connectivity index (χ1) is 21.6. The van der Waals surface area contributed by atoms with Gasteiger partial charge in [-0.1, -0.05) is 44.7 Å². The minimum Gasteiger partial charge on any atom is -0.395 e. The van der Waals surface area contributed by atoms with E-state index >= 15 is 0 Å². The summed E-state index contributed by atoms with van der Waals surface area (Å²) >= 11 is 0. The van der Waals surface area contributed by atoms with Gasteiger partial charge in [0.15, 0.2) is 0 Å². The number of para-hydroxylation sites is 1. The number of amides is 1. The lowest BCUT2D eigenvalue weighted by atomic mass is 9.95. The van der Waals surface area contributed by atoms with Crippen molar-refractivity contribution in [3.05, 3.63) is 87.4 Å². The number of nitrogens with one attached hydrogen (secondary N) is 3. The highest BCUT2D eigenvalue weighted by Gasteiger charge is 2.25. The van der Waals surface area contributed by atoms with Crippen molar-refractivity contribution in [2.24, 2.45) is 4.99 Å². The highest BCUT2D eigenvalue weighted by molar-refractivity contribution is 6.31. The number of nitro benzene ring substituents is 1. The van der Waals surface area contributed by atoms with Crippen molar-refractivity contribution in [3.63, 3.8) is 0 Å². The van der Waals surface area contributed by atoms with Crippen LogP contribution in [-0.4, -0.2) is 71.5 Å². The van der Waals surface area contributed by atoms with E-state index in [9.17, 15) is 20.0 Å². The van der Waals surface area contributed by atoms with Crippen molar-refractivity contribution < 1.29 is 14.8 Å². The highest BCUT2D eigenvalue weighted by atomic mass is 16.6. The lowest BCUT2D eigenvalue weighted by molar-refractivity contribution is -0.383. The van der Waals surface area contributed by atoms with Gasteiger partial charge in [-0.15, -0.1) is 0 Å². The summed E-state index contributed by atoms with van der Waals surface area (Å²) in [5.41, 5.74) is 5.77. The molecule has 1 amide bonds. The average Bonchev–Trinajstić information content (AvgIpc) is 3.39. The molecule has 0 bridgehead atoms. The van der Waals surface area contributed by atoms with Crippen LogP contribution in [0.5, 0.6) is 0 Å². The number of aliphatic hydroxyl groups is 1. The average molecular weight is 616 g/mol. The number of nitro groups is 1. The second-order valence-electron chi connectivity index (χ2n) is 11.6. The maximum atomic E-state index is 13.3. The SMILES string of the molecule is C=C(N=C(/C(=C\C)C(=O)NCCO)c1cn2c3c(cccc13)CCC2)Nc1cc([N+](=O)[O-])c(NCCN(C)C)cc1C(C)CC. The summed E-state index contributed by atoms with van der Waals surface area (Å²) < 4.78 is 2.21. The molecule has 0 fully saturated rings. The molecule has 0 spiro atoms. The molecule has 4 rings (SSSR count). The van der Waals surface area contributed by atoms with Gasteiger partial charge in [0, 0.05) is 49.4 Å². The van der Waals surface area contributed by atoms with Gasteiger partial charge in [0.1, 0.15) is 11.5 Å². The fourth-order valence-corrected chi connectivity index (χ4v) is 5.72.